The summed E-state index contributed by atoms with van der Waals surface area (Å²) in [5.41, 5.74) is 6.04. The molecule has 0 spiro atoms. The van der Waals surface area contributed by atoms with Gasteiger partial charge in [0.15, 0.2) is 0 Å². The second kappa shape index (κ2) is 5.38. The molecule has 2 unspecified atom stereocenters. The van der Waals surface area contributed by atoms with Gasteiger partial charge in [0.25, 0.3) is 0 Å². The first-order valence-electron chi connectivity index (χ1n) is 5.67. The number of terminal acetylenes is 1. The highest BCUT2D eigenvalue weighted by Crippen LogP contribution is 2.35. The van der Waals surface area contributed by atoms with Crippen LogP contribution in [0.4, 0.5) is 0 Å². The van der Waals surface area contributed by atoms with Crippen molar-refractivity contribution in [2.24, 2.45) is 11.7 Å². The zero-order valence-corrected chi connectivity index (χ0v) is 9.18. The minimum atomic E-state index is 0.124. The summed E-state index contributed by atoms with van der Waals surface area (Å²) in [5, 5.41) is 3.47. The maximum Gasteiger partial charge on any atom is 0.0578 e. The molecule has 1 saturated carbocycles. The van der Waals surface area contributed by atoms with Crippen LogP contribution in [0.15, 0.2) is 0 Å². The summed E-state index contributed by atoms with van der Waals surface area (Å²) >= 11 is 0. The Labute approximate surface area is 87.6 Å². The molecular weight excluding hydrogens is 172 g/mol. The fourth-order valence-electron chi connectivity index (χ4n) is 2.71. The van der Waals surface area contributed by atoms with Gasteiger partial charge < -0.3 is 5.73 Å². The van der Waals surface area contributed by atoms with Crippen molar-refractivity contribution in [3.05, 3.63) is 0 Å². The molecule has 0 heterocycles. The molecule has 1 fully saturated rings. The Morgan fingerprint density at radius 3 is 2.93 bits per heavy atom. The number of hydrogen-bond acceptors (Lipinski definition) is 2. The first kappa shape index (κ1) is 11.6. The van der Waals surface area contributed by atoms with Crippen LogP contribution in [0.3, 0.4) is 0 Å². The van der Waals surface area contributed by atoms with Crippen LogP contribution in [0.25, 0.3) is 0 Å². The monoisotopic (exact) mass is 194 g/mol. The van der Waals surface area contributed by atoms with Crippen molar-refractivity contribution in [1.29, 1.82) is 0 Å². The van der Waals surface area contributed by atoms with Crippen LogP contribution in [0.1, 0.15) is 39.0 Å². The largest absolute Gasteiger partial charge is 0.329 e. The van der Waals surface area contributed by atoms with E-state index >= 15 is 0 Å². The van der Waals surface area contributed by atoms with Crippen LogP contribution < -0.4 is 11.1 Å². The van der Waals surface area contributed by atoms with Crippen LogP contribution in [-0.4, -0.2) is 18.6 Å². The average molecular weight is 194 g/mol. The third-order valence-corrected chi connectivity index (χ3v) is 3.61. The highest BCUT2D eigenvalue weighted by Gasteiger charge is 2.37. The fraction of sp³-hybridized carbons (Fsp3) is 0.833. The van der Waals surface area contributed by atoms with Gasteiger partial charge in [0.1, 0.15) is 0 Å². The van der Waals surface area contributed by atoms with Gasteiger partial charge >= 0.3 is 0 Å². The molecule has 0 bridgehead atoms. The lowest BCUT2D eigenvalue weighted by Crippen LogP contribution is -2.57. The van der Waals surface area contributed by atoms with Crippen molar-refractivity contribution in [2.45, 2.75) is 44.6 Å². The van der Waals surface area contributed by atoms with E-state index in [9.17, 15) is 0 Å². The maximum atomic E-state index is 5.91. The number of hydrogen-bond donors (Lipinski definition) is 2. The molecule has 3 N–H and O–H groups in total. The normalized spacial score (nSPS) is 32.5. The van der Waals surface area contributed by atoms with Crippen LogP contribution in [-0.2, 0) is 0 Å². The lowest BCUT2D eigenvalue weighted by Gasteiger charge is -2.44. The predicted molar refractivity (Wildman–Crippen MR) is 60.9 cm³/mol. The van der Waals surface area contributed by atoms with E-state index in [2.05, 4.69) is 18.2 Å². The molecule has 2 atom stereocenters. The lowest BCUT2D eigenvalue weighted by molar-refractivity contribution is 0.149. The maximum absolute atomic E-state index is 5.91. The van der Waals surface area contributed by atoms with Gasteiger partial charge in [-0.25, -0.2) is 0 Å². The van der Waals surface area contributed by atoms with Crippen LogP contribution in [0, 0.1) is 18.3 Å². The molecule has 0 aromatic heterocycles. The van der Waals surface area contributed by atoms with E-state index in [0.717, 1.165) is 0 Å². The third kappa shape index (κ3) is 2.29. The van der Waals surface area contributed by atoms with E-state index in [4.69, 9.17) is 12.2 Å². The van der Waals surface area contributed by atoms with E-state index in [1.54, 1.807) is 0 Å². The topological polar surface area (TPSA) is 38.0 Å². The van der Waals surface area contributed by atoms with Crippen molar-refractivity contribution in [1.82, 2.24) is 5.32 Å². The molecule has 1 aliphatic carbocycles. The Morgan fingerprint density at radius 2 is 2.36 bits per heavy atom. The summed E-state index contributed by atoms with van der Waals surface area (Å²) in [6.07, 6.45) is 11.6. The Kier molecular flexibility index (Phi) is 4.44. The van der Waals surface area contributed by atoms with E-state index in [-0.39, 0.29) is 5.54 Å². The smallest absolute Gasteiger partial charge is 0.0578 e. The van der Waals surface area contributed by atoms with Gasteiger partial charge in [-0.05, 0) is 18.8 Å². The number of nitrogens with two attached hydrogens (primary N) is 1. The molecule has 0 aromatic carbocycles. The van der Waals surface area contributed by atoms with E-state index in [0.29, 0.717) is 19.0 Å². The Bertz CT molecular complexity index is 207. The summed E-state index contributed by atoms with van der Waals surface area (Å²) in [5.74, 6) is 3.36. The molecule has 0 radical (unpaired) electrons. The molecule has 1 aliphatic rings. The molecule has 0 aliphatic heterocycles. The minimum absolute atomic E-state index is 0.124. The van der Waals surface area contributed by atoms with E-state index in [1.165, 1.54) is 32.1 Å². The molecule has 0 saturated heterocycles. The SMILES string of the molecule is C#CCNC1(CN)CCCCC1CC. The average Bonchev–Trinajstić information content (AvgIpc) is 2.26. The lowest BCUT2D eigenvalue weighted by atomic mass is 9.71. The predicted octanol–water partition coefficient (Wildman–Crippen LogP) is 1.51. The number of rotatable bonds is 4. The summed E-state index contributed by atoms with van der Waals surface area (Å²) in [4.78, 5) is 0. The van der Waals surface area contributed by atoms with Gasteiger partial charge in [-0.1, -0.05) is 32.1 Å². The summed E-state index contributed by atoms with van der Waals surface area (Å²) in [6, 6.07) is 0. The van der Waals surface area contributed by atoms with Crippen molar-refractivity contribution < 1.29 is 0 Å². The first-order valence-corrected chi connectivity index (χ1v) is 5.67. The second-order valence-corrected chi connectivity index (χ2v) is 4.27. The van der Waals surface area contributed by atoms with Crippen LogP contribution >= 0.6 is 0 Å². The van der Waals surface area contributed by atoms with Crippen LogP contribution in [0.2, 0.25) is 0 Å². The zero-order chi connectivity index (χ0) is 10.4. The van der Waals surface area contributed by atoms with Crippen molar-refractivity contribution in [3.63, 3.8) is 0 Å². The van der Waals surface area contributed by atoms with Crippen molar-refractivity contribution in [3.8, 4) is 12.3 Å². The second-order valence-electron chi connectivity index (χ2n) is 4.27. The van der Waals surface area contributed by atoms with Crippen LogP contribution in [0.5, 0.6) is 0 Å². The highest BCUT2D eigenvalue weighted by atomic mass is 15.0. The van der Waals surface area contributed by atoms with Gasteiger partial charge in [0.2, 0.25) is 0 Å². The van der Waals surface area contributed by atoms with E-state index < -0.39 is 0 Å². The summed E-state index contributed by atoms with van der Waals surface area (Å²) in [6.45, 7) is 3.61. The molecule has 1 rings (SSSR count). The third-order valence-electron chi connectivity index (χ3n) is 3.61. The van der Waals surface area contributed by atoms with Gasteiger partial charge in [0.05, 0.1) is 6.54 Å². The van der Waals surface area contributed by atoms with Gasteiger partial charge in [-0.2, -0.15) is 0 Å². The Hall–Kier alpha value is -0.520. The van der Waals surface area contributed by atoms with Gasteiger partial charge in [0, 0.05) is 12.1 Å². The fourth-order valence-corrected chi connectivity index (χ4v) is 2.71. The molecule has 0 aromatic rings. The highest BCUT2D eigenvalue weighted by molar-refractivity contribution is 5.01. The molecule has 14 heavy (non-hydrogen) atoms. The van der Waals surface area contributed by atoms with Crippen molar-refractivity contribution >= 4 is 0 Å². The van der Waals surface area contributed by atoms with E-state index in [1.807, 2.05) is 0 Å². The summed E-state index contributed by atoms with van der Waals surface area (Å²) in [7, 11) is 0. The Balaban J connectivity index is 2.66. The molecule has 0 amide bonds. The minimum Gasteiger partial charge on any atom is -0.329 e. The van der Waals surface area contributed by atoms with Gasteiger partial charge in [-0.3, -0.25) is 5.32 Å². The molecule has 2 nitrogen and oxygen atoms in total. The summed E-state index contributed by atoms with van der Waals surface area (Å²) < 4.78 is 0. The molecule has 80 valence electrons. The molecular formula is C12H22N2. The quantitative estimate of drug-likeness (QED) is 0.666. The number of nitrogens with one attached hydrogen (secondary N) is 1. The zero-order valence-electron chi connectivity index (χ0n) is 9.18. The molecule has 2 heteroatoms. The first-order chi connectivity index (χ1) is 6.79. The van der Waals surface area contributed by atoms with Gasteiger partial charge in [-0.15, -0.1) is 6.42 Å². The standard InChI is InChI=1S/C12H22N2/c1-3-9-14-12(10-13)8-6-5-7-11(12)4-2/h1,11,14H,4-10,13H2,2H3. The van der Waals surface area contributed by atoms with Crippen molar-refractivity contribution in [2.75, 3.05) is 13.1 Å². The Morgan fingerprint density at radius 1 is 1.57 bits per heavy atom.